The van der Waals surface area contributed by atoms with Gasteiger partial charge in [-0.1, -0.05) is 18.9 Å². The molecule has 1 heterocycles. The van der Waals surface area contributed by atoms with Gasteiger partial charge < -0.3 is 14.8 Å². The Kier molecular flexibility index (Phi) is 5.75. The van der Waals surface area contributed by atoms with Crippen molar-refractivity contribution in [3.63, 3.8) is 0 Å². The number of rotatable bonds is 7. The fourth-order valence-electron chi connectivity index (χ4n) is 3.64. The van der Waals surface area contributed by atoms with Crippen LogP contribution in [0.4, 0.5) is 0 Å². The van der Waals surface area contributed by atoms with Crippen LogP contribution in [0.1, 0.15) is 25.7 Å². The maximum atomic E-state index is 12.3. The first kappa shape index (κ1) is 18.2. The number of methoxy groups -OCH3 is 1. The smallest absolute Gasteiger partial charge is 0.240 e. The number of imide groups is 1. The summed E-state index contributed by atoms with van der Waals surface area (Å²) in [4.78, 5) is 37.9. The summed E-state index contributed by atoms with van der Waals surface area (Å²) in [6, 6.07) is 7.19. The van der Waals surface area contributed by atoms with Gasteiger partial charge in [0.05, 0.1) is 25.5 Å². The minimum Gasteiger partial charge on any atom is -0.497 e. The van der Waals surface area contributed by atoms with Crippen LogP contribution in [0.25, 0.3) is 0 Å². The molecule has 0 aromatic heterocycles. The van der Waals surface area contributed by atoms with Crippen LogP contribution in [-0.4, -0.2) is 49.4 Å². The lowest BCUT2D eigenvalue weighted by Crippen LogP contribution is -2.42. The normalized spacial score (nSPS) is 22.1. The maximum Gasteiger partial charge on any atom is 0.240 e. The fraction of sp³-hybridized carbons (Fsp3) is 0.526. The van der Waals surface area contributed by atoms with Gasteiger partial charge in [-0.2, -0.15) is 0 Å². The highest BCUT2D eigenvalue weighted by Crippen LogP contribution is 2.37. The van der Waals surface area contributed by atoms with E-state index in [-0.39, 0.29) is 42.7 Å². The molecular weight excluding hydrogens is 336 g/mol. The molecule has 0 unspecified atom stereocenters. The Labute approximate surface area is 152 Å². The summed E-state index contributed by atoms with van der Waals surface area (Å²) >= 11 is 0. The third kappa shape index (κ3) is 3.98. The highest BCUT2D eigenvalue weighted by molar-refractivity contribution is 6.07. The molecule has 2 fully saturated rings. The van der Waals surface area contributed by atoms with Crippen LogP contribution in [0, 0.1) is 11.8 Å². The lowest BCUT2D eigenvalue weighted by molar-refractivity contribution is -0.143. The first-order chi connectivity index (χ1) is 12.6. The van der Waals surface area contributed by atoms with E-state index in [1.54, 1.807) is 19.2 Å². The van der Waals surface area contributed by atoms with Gasteiger partial charge in [0.25, 0.3) is 0 Å². The highest BCUT2D eigenvalue weighted by Gasteiger charge is 2.48. The molecule has 3 amide bonds. The van der Waals surface area contributed by atoms with Gasteiger partial charge in [0, 0.05) is 6.07 Å². The Morgan fingerprint density at radius 2 is 1.81 bits per heavy atom. The molecule has 0 radical (unpaired) electrons. The van der Waals surface area contributed by atoms with Crippen molar-refractivity contribution >= 4 is 17.7 Å². The van der Waals surface area contributed by atoms with Crippen LogP contribution in [0.15, 0.2) is 24.3 Å². The van der Waals surface area contributed by atoms with E-state index in [0.29, 0.717) is 18.0 Å². The Morgan fingerprint density at radius 1 is 1.15 bits per heavy atom. The summed E-state index contributed by atoms with van der Waals surface area (Å²) < 4.78 is 10.7. The van der Waals surface area contributed by atoms with Gasteiger partial charge in [-0.25, -0.2) is 0 Å². The van der Waals surface area contributed by atoms with Crippen molar-refractivity contribution in [2.75, 3.05) is 26.8 Å². The predicted octanol–water partition coefficient (Wildman–Crippen LogP) is 1.37. The Hall–Kier alpha value is -2.57. The van der Waals surface area contributed by atoms with Gasteiger partial charge >= 0.3 is 0 Å². The molecule has 0 spiro atoms. The molecule has 1 aliphatic heterocycles. The van der Waals surface area contributed by atoms with Crippen LogP contribution < -0.4 is 14.8 Å². The number of hydrogen-bond acceptors (Lipinski definition) is 5. The molecule has 26 heavy (non-hydrogen) atoms. The molecular formula is C19H24N2O5. The van der Waals surface area contributed by atoms with Crippen molar-refractivity contribution in [3.05, 3.63) is 24.3 Å². The molecule has 7 nitrogen and oxygen atoms in total. The molecule has 2 atom stereocenters. The Bertz CT molecular complexity index is 666. The van der Waals surface area contributed by atoms with Crippen molar-refractivity contribution in [2.45, 2.75) is 25.7 Å². The summed E-state index contributed by atoms with van der Waals surface area (Å²) in [5.41, 5.74) is 0. The number of nitrogens with one attached hydrogen (secondary N) is 1. The number of carbonyl (C=O) groups excluding carboxylic acids is 3. The largest absolute Gasteiger partial charge is 0.497 e. The molecule has 1 aromatic carbocycles. The molecule has 3 rings (SSSR count). The molecule has 1 aromatic rings. The van der Waals surface area contributed by atoms with Gasteiger partial charge in [0.1, 0.15) is 24.7 Å². The second-order valence-electron chi connectivity index (χ2n) is 6.64. The van der Waals surface area contributed by atoms with Crippen LogP contribution in [0.5, 0.6) is 11.5 Å². The number of nitrogens with zero attached hydrogens (tertiary/aromatic N) is 1. The molecule has 1 saturated heterocycles. The third-order valence-electron chi connectivity index (χ3n) is 4.97. The van der Waals surface area contributed by atoms with E-state index in [4.69, 9.17) is 9.47 Å². The number of ether oxygens (including phenoxy) is 2. The van der Waals surface area contributed by atoms with Gasteiger partial charge in [0.2, 0.25) is 17.7 Å². The number of likely N-dealkylation sites (tertiary alicyclic amines) is 1. The summed E-state index contributed by atoms with van der Waals surface area (Å²) in [5.74, 6) is 0.164. The summed E-state index contributed by atoms with van der Waals surface area (Å²) in [7, 11) is 1.58. The van der Waals surface area contributed by atoms with Crippen LogP contribution in [-0.2, 0) is 14.4 Å². The lowest BCUT2D eigenvalue weighted by atomic mass is 9.81. The van der Waals surface area contributed by atoms with Crippen molar-refractivity contribution in [2.24, 2.45) is 11.8 Å². The number of fused-ring (bicyclic) bond motifs is 1. The van der Waals surface area contributed by atoms with E-state index >= 15 is 0 Å². The summed E-state index contributed by atoms with van der Waals surface area (Å²) in [6.45, 7) is 0.370. The van der Waals surface area contributed by atoms with Crippen LogP contribution in [0.2, 0.25) is 0 Å². The fourth-order valence-corrected chi connectivity index (χ4v) is 3.64. The maximum absolute atomic E-state index is 12.3. The molecule has 140 valence electrons. The summed E-state index contributed by atoms with van der Waals surface area (Å²) in [5, 5.41) is 2.69. The van der Waals surface area contributed by atoms with Crippen LogP contribution >= 0.6 is 0 Å². The van der Waals surface area contributed by atoms with E-state index in [1.807, 2.05) is 12.1 Å². The topological polar surface area (TPSA) is 84.9 Å². The minimum absolute atomic E-state index is 0.192. The average Bonchev–Trinajstić information content (AvgIpc) is 2.91. The van der Waals surface area contributed by atoms with E-state index in [9.17, 15) is 14.4 Å². The zero-order valence-corrected chi connectivity index (χ0v) is 14.9. The SMILES string of the molecule is COc1cccc(OCCNC(=O)CN2C(=O)[C@@H]3CCCC[C@H]3C2=O)c1. The quantitative estimate of drug-likeness (QED) is 0.586. The van der Waals surface area contributed by atoms with Crippen molar-refractivity contribution in [1.29, 1.82) is 0 Å². The number of carbonyl (C=O) groups is 3. The third-order valence-corrected chi connectivity index (χ3v) is 4.97. The monoisotopic (exact) mass is 360 g/mol. The first-order valence-corrected chi connectivity index (χ1v) is 8.99. The lowest BCUT2D eigenvalue weighted by Gasteiger charge is -2.19. The highest BCUT2D eigenvalue weighted by atomic mass is 16.5. The molecule has 1 saturated carbocycles. The van der Waals surface area contributed by atoms with E-state index in [2.05, 4.69) is 5.32 Å². The second-order valence-corrected chi connectivity index (χ2v) is 6.64. The van der Waals surface area contributed by atoms with Crippen molar-refractivity contribution in [3.8, 4) is 11.5 Å². The molecule has 1 aliphatic carbocycles. The zero-order valence-electron chi connectivity index (χ0n) is 14.9. The van der Waals surface area contributed by atoms with E-state index in [0.717, 1.165) is 30.6 Å². The average molecular weight is 360 g/mol. The van der Waals surface area contributed by atoms with Crippen molar-refractivity contribution < 1.29 is 23.9 Å². The van der Waals surface area contributed by atoms with Gasteiger partial charge in [0.15, 0.2) is 0 Å². The first-order valence-electron chi connectivity index (χ1n) is 8.99. The molecule has 2 aliphatic rings. The van der Waals surface area contributed by atoms with Gasteiger partial charge in [-0.15, -0.1) is 0 Å². The van der Waals surface area contributed by atoms with Gasteiger partial charge in [-0.3, -0.25) is 19.3 Å². The summed E-state index contributed by atoms with van der Waals surface area (Å²) in [6.07, 6.45) is 3.45. The van der Waals surface area contributed by atoms with Crippen molar-refractivity contribution in [1.82, 2.24) is 10.2 Å². The number of hydrogen-bond donors (Lipinski definition) is 1. The standard InChI is InChI=1S/C19H24N2O5/c1-25-13-5-4-6-14(11-13)26-10-9-20-17(22)12-21-18(23)15-7-2-3-8-16(15)19(21)24/h4-6,11,15-16H,2-3,7-10,12H2,1H3,(H,20,22)/t15-,16-/m1/s1. The van der Waals surface area contributed by atoms with Crippen LogP contribution in [0.3, 0.4) is 0 Å². The Balaban J connectivity index is 1.42. The molecule has 1 N–H and O–H groups in total. The van der Waals surface area contributed by atoms with E-state index in [1.165, 1.54) is 0 Å². The minimum atomic E-state index is -0.348. The molecule has 7 heteroatoms. The number of amides is 3. The Morgan fingerprint density at radius 3 is 2.46 bits per heavy atom. The predicted molar refractivity (Wildman–Crippen MR) is 93.7 cm³/mol. The molecule has 0 bridgehead atoms. The zero-order chi connectivity index (χ0) is 18.5. The van der Waals surface area contributed by atoms with Gasteiger partial charge in [-0.05, 0) is 25.0 Å². The number of benzene rings is 1. The second kappa shape index (κ2) is 8.21. The van der Waals surface area contributed by atoms with E-state index < -0.39 is 0 Å².